The molecule has 0 bridgehead atoms. The van der Waals surface area contributed by atoms with Crippen LogP contribution in [0.4, 0.5) is 0 Å². The summed E-state index contributed by atoms with van der Waals surface area (Å²) >= 11 is 0. The maximum absolute atomic E-state index is 12.8. The van der Waals surface area contributed by atoms with E-state index in [-0.39, 0.29) is 11.9 Å². The molecule has 0 aliphatic carbocycles. The van der Waals surface area contributed by atoms with Crippen LogP contribution in [0.2, 0.25) is 0 Å². The molecule has 1 saturated heterocycles. The number of nitrogens with zero attached hydrogens (tertiary/aromatic N) is 4. The molecule has 0 unspecified atom stereocenters. The SMILES string of the molecule is Cc1nc2c(cnn2C(C)C)c(C)c1CCC(=O)NCc1ccc(S(=O)(=O)N2CCCCC2)cc1. The molecule has 3 heterocycles. The molecule has 2 aromatic heterocycles. The van der Waals surface area contributed by atoms with Gasteiger partial charge in [0.05, 0.1) is 11.1 Å². The van der Waals surface area contributed by atoms with E-state index >= 15 is 0 Å². The van der Waals surface area contributed by atoms with Gasteiger partial charge in [-0.1, -0.05) is 18.6 Å². The van der Waals surface area contributed by atoms with Crippen molar-refractivity contribution in [3.8, 4) is 0 Å². The molecule has 3 aromatic rings. The Labute approximate surface area is 207 Å². The summed E-state index contributed by atoms with van der Waals surface area (Å²) in [6.07, 6.45) is 5.72. The van der Waals surface area contributed by atoms with Gasteiger partial charge in [0.2, 0.25) is 15.9 Å². The lowest BCUT2D eigenvalue weighted by atomic mass is 10.0. The Bertz CT molecular complexity index is 1310. The quantitative estimate of drug-likeness (QED) is 0.506. The van der Waals surface area contributed by atoms with E-state index in [0.717, 1.165) is 52.7 Å². The maximum Gasteiger partial charge on any atom is 0.243 e. The Kier molecular flexibility index (Phi) is 7.56. The van der Waals surface area contributed by atoms with Gasteiger partial charge in [-0.3, -0.25) is 4.79 Å². The fourth-order valence-electron chi connectivity index (χ4n) is 4.70. The number of hydrogen-bond acceptors (Lipinski definition) is 5. The summed E-state index contributed by atoms with van der Waals surface area (Å²) in [4.78, 5) is 17.6. The summed E-state index contributed by atoms with van der Waals surface area (Å²) in [5.74, 6) is -0.0493. The van der Waals surface area contributed by atoms with Crippen LogP contribution in [0.5, 0.6) is 0 Å². The minimum absolute atomic E-state index is 0.0493. The summed E-state index contributed by atoms with van der Waals surface area (Å²) in [7, 11) is -3.44. The molecule has 1 aromatic carbocycles. The largest absolute Gasteiger partial charge is 0.352 e. The molecular weight excluding hydrogens is 462 g/mol. The molecule has 1 aliphatic rings. The zero-order valence-corrected chi connectivity index (χ0v) is 21.9. The standard InChI is InChI=1S/C26H35N5O3S/c1-18(2)31-26-24(17-28-31)19(3)23(20(4)29-26)12-13-25(32)27-16-21-8-10-22(11-9-21)35(33,34)30-14-6-5-7-15-30/h8-11,17-18H,5-7,12-16H2,1-4H3,(H,27,32). The highest BCUT2D eigenvalue weighted by Crippen LogP contribution is 2.25. The molecule has 1 amide bonds. The number of amides is 1. The van der Waals surface area contributed by atoms with Crippen LogP contribution in [0.1, 0.15) is 68.0 Å². The molecule has 9 heteroatoms. The maximum atomic E-state index is 12.8. The van der Waals surface area contributed by atoms with Crippen LogP contribution < -0.4 is 5.32 Å². The van der Waals surface area contributed by atoms with E-state index in [1.807, 2.05) is 17.8 Å². The monoisotopic (exact) mass is 497 g/mol. The van der Waals surface area contributed by atoms with Crippen LogP contribution in [0.3, 0.4) is 0 Å². The lowest BCUT2D eigenvalue weighted by molar-refractivity contribution is -0.121. The first kappa shape index (κ1) is 25.3. The van der Waals surface area contributed by atoms with Crippen molar-refractivity contribution >= 4 is 27.0 Å². The summed E-state index contributed by atoms with van der Waals surface area (Å²) in [6, 6.07) is 7.05. The van der Waals surface area contributed by atoms with Gasteiger partial charge in [-0.25, -0.2) is 18.1 Å². The Morgan fingerprint density at radius 2 is 1.77 bits per heavy atom. The number of sulfonamides is 1. The Hall–Kier alpha value is -2.78. The van der Waals surface area contributed by atoms with Gasteiger partial charge in [0.15, 0.2) is 5.65 Å². The van der Waals surface area contributed by atoms with Crippen LogP contribution in [0, 0.1) is 13.8 Å². The molecule has 0 radical (unpaired) electrons. The third kappa shape index (κ3) is 5.41. The van der Waals surface area contributed by atoms with E-state index < -0.39 is 10.0 Å². The number of aryl methyl sites for hydroxylation is 2. The number of carbonyl (C=O) groups excluding carboxylic acids is 1. The molecular formula is C26H35N5O3S. The predicted molar refractivity (Wildman–Crippen MR) is 137 cm³/mol. The second-order valence-electron chi connectivity index (χ2n) is 9.61. The van der Waals surface area contributed by atoms with Gasteiger partial charge < -0.3 is 5.32 Å². The van der Waals surface area contributed by atoms with Gasteiger partial charge in [-0.2, -0.15) is 9.40 Å². The van der Waals surface area contributed by atoms with Crippen molar-refractivity contribution in [1.29, 1.82) is 0 Å². The second kappa shape index (κ2) is 10.5. The molecule has 35 heavy (non-hydrogen) atoms. The first-order valence-corrected chi connectivity index (χ1v) is 13.8. The number of benzene rings is 1. The van der Waals surface area contributed by atoms with Crippen LogP contribution in [0.25, 0.3) is 11.0 Å². The number of piperidine rings is 1. The van der Waals surface area contributed by atoms with E-state index in [0.29, 0.717) is 37.4 Å². The average Bonchev–Trinajstić information content (AvgIpc) is 3.27. The van der Waals surface area contributed by atoms with Gasteiger partial charge in [-0.15, -0.1) is 0 Å². The smallest absolute Gasteiger partial charge is 0.243 e. The minimum atomic E-state index is -3.44. The summed E-state index contributed by atoms with van der Waals surface area (Å²) in [5.41, 5.74) is 4.89. The number of hydrogen-bond donors (Lipinski definition) is 1. The first-order valence-electron chi connectivity index (χ1n) is 12.4. The van der Waals surface area contributed by atoms with Crippen molar-refractivity contribution in [3.63, 3.8) is 0 Å². The fourth-order valence-corrected chi connectivity index (χ4v) is 6.22. The van der Waals surface area contributed by atoms with E-state index in [1.54, 1.807) is 28.6 Å². The number of rotatable bonds is 8. The molecule has 1 N–H and O–H groups in total. The highest BCUT2D eigenvalue weighted by atomic mass is 32.2. The van der Waals surface area contributed by atoms with E-state index in [4.69, 9.17) is 4.98 Å². The number of fused-ring (bicyclic) bond motifs is 1. The average molecular weight is 498 g/mol. The fraction of sp³-hybridized carbons (Fsp3) is 0.500. The lowest BCUT2D eigenvalue weighted by Gasteiger charge is -2.25. The van der Waals surface area contributed by atoms with Crippen LogP contribution in [-0.2, 0) is 27.8 Å². The Balaban J connectivity index is 1.35. The summed E-state index contributed by atoms with van der Waals surface area (Å²) in [6.45, 7) is 9.74. The Morgan fingerprint density at radius 1 is 1.09 bits per heavy atom. The van der Waals surface area contributed by atoms with Crippen molar-refractivity contribution in [2.75, 3.05) is 13.1 Å². The normalized spacial score (nSPS) is 15.1. The summed E-state index contributed by atoms with van der Waals surface area (Å²) in [5, 5.41) is 8.46. The van der Waals surface area contributed by atoms with Crippen molar-refractivity contribution < 1.29 is 13.2 Å². The molecule has 4 rings (SSSR count). The van der Waals surface area contributed by atoms with E-state index in [2.05, 4.69) is 31.2 Å². The highest BCUT2D eigenvalue weighted by molar-refractivity contribution is 7.89. The van der Waals surface area contributed by atoms with Gasteiger partial charge in [-0.05, 0) is 75.8 Å². The lowest BCUT2D eigenvalue weighted by Crippen LogP contribution is -2.35. The highest BCUT2D eigenvalue weighted by Gasteiger charge is 2.25. The molecule has 0 spiro atoms. The third-order valence-electron chi connectivity index (χ3n) is 6.79. The molecule has 0 saturated carbocycles. The molecule has 8 nitrogen and oxygen atoms in total. The topological polar surface area (TPSA) is 97.2 Å². The van der Waals surface area contributed by atoms with Crippen molar-refractivity contribution in [3.05, 3.63) is 52.8 Å². The number of carbonyl (C=O) groups is 1. The van der Waals surface area contributed by atoms with Crippen LogP contribution in [0.15, 0.2) is 35.4 Å². The zero-order valence-electron chi connectivity index (χ0n) is 21.0. The Morgan fingerprint density at radius 3 is 2.43 bits per heavy atom. The second-order valence-corrected chi connectivity index (χ2v) is 11.5. The van der Waals surface area contributed by atoms with Gasteiger partial charge in [0.25, 0.3) is 0 Å². The van der Waals surface area contributed by atoms with Gasteiger partial charge >= 0.3 is 0 Å². The number of pyridine rings is 1. The van der Waals surface area contributed by atoms with Crippen LogP contribution in [-0.4, -0.2) is 46.5 Å². The van der Waals surface area contributed by atoms with Crippen molar-refractivity contribution in [2.45, 2.75) is 77.3 Å². The third-order valence-corrected chi connectivity index (χ3v) is 8.71. The molecule has 1 aliphatic heterocycles. The van der Waals surface area contributed by atoms with Crippen LogP contribution >= 0.6 is 0 Å². The van der Waals surface area contributed by atoms with E-state index in [9.17, 15) is 13.2 Å². The minimum Gasteiger partial charge on any atom is -0.352 e. The van der Waals surface area contributed by atoms with Gasteiger partial charge in [0, 0.05) is 43.2 Å². The molecule has 1 fully saturated rings. The molecule has 0 atom stereocenters. The van der Waals surface area contributed by atoms with Crippen molar-refractivity contribution in [1.82, 2.24) is 24.4 Å². The summed E-state index contributed by atoms with van der Waals surface area (Å²) < 4.78 is 29.1. The van der Waals surface area contributed by atoms with Crippen molar-refractivity contribution in [2.24, 2.45) is 0 Å². The van der Waals surface area contributed by atoms with Gasteiger partial charge in [0.1, 0.15) is 0 Å². The molecule has 188 valence electrons. The zero-order chi connectivity index (χ0) is 25.2. The first-order chi connectivity index (χ1) is 16.7. The van der Waals surface area contributed by atoms with E-state index in [1.165, 1.54) is 0 Å². The number of nitrogens with one attached hydrogen (secondary N) is 1. The predicted octanol–water partition coefficient (Wildman–Crippen LogP) is 4.05. The number of aromatic nitrogens is 3.